The van der Waals surface area contributed by atoms with E-state index in [9.17, 15) is 43.7 Å². The van der Waals surface area contributed by atoms with E-state index in [1.165, 1.54) is 0 Å². The van der Waals surface area contributed by atoms with Gasteiger partial charge in [0, 0.05) is 0 Å². The fourth-order valence-electron chi connectivity index (χ4n) is 1.30. The number of halogens is 7. The van der Waals surface area contributed by atoms with Gasteiger partial charge in [-0.2, -0.15) is 26.3 Å². The molecule has 0 N–H and O–H groups in total. The van der Waals surface area contributed by atoms with Crippen molar-refractivity contribution in [1.29, 1.82) is 0 Å². The number of hydrogen-bond donors (Lipinski definition) is 0. The minimum Gasteiger partial charge on any atom is -0.743 e. The number of hydrogen-bond acceptors (Lipinski definition) is 3. The molecule has 122 valence electrons. The zero-order valence-corrected chi connectivity index (χ0v) is 12.0. The van der Waals surface area contributed by atoms with Crippen LogP contribution >= 0.6 is 0 Å². The minimum atomic E-state index is -7.08. The van der Waals surface area contributed by atoms with E-state index in [1.807, 2.05) is 0 Å². The van der Waals surface area contributed by atoms with E-state index in [1.54, 1.807) is 6.92 Å². The van der Waals surface area contributed by atoms with Crippen LogP contribution in [0.25, 0.3) is 0 Å². The van der Waals surface area contributed by atoms with Crippen molar-refractivity contribution >= 4 is 10.1 Å². The topological polar surface area (TPSA) is 57.2 Å². The molecule has 3 nitrogen and oxygen atoms in total. The summed E-state index contributed by atoms with van der Waals surface area (Å²) in [6.45, 7) is 1.60. The second-order valence-corrected chi connectivity index (χ2v) is 5.55. The van der Waals surface area contributed by atoms with Gasteiger partial charge >= 0.3 is 36.0 Å². The summed E-state index contributed by atoms with van der Waals surface area (Å²) in [6.07, 6.45) is -4.51. The summed E-state index contributed by atoms with van der Waals surface area (Å²) >= 11 is 0. The van der Waals surface area contributed by atoms with Gasteiger partial charge in [0.2, 0.25) is 0 Å². The molecule has 1 unspecified atom stereocenters. The number of unbranched alkanes of at least 4 members (excludes halogenated alkanes) is 2. The Bertz CT molecular complexity index is 427. The van der Waals surface area contributed by atoms with Crippen molar-refractivity contribution in [3.63, 3.8) is 0 Å². The summed E-state index contributed by atoms with van der Waals surface area (Å²) in [5.41, 5.74) is 0. The van der Waals surface area contributed by atoms with Crippen LogP contribution in [-0.4, -0.2) is 36.2 Å². The molecule has 12 heteroatoms. The molecule has 0 aromatic carbocycles. The predicted molar refractivity (Wildman–Crippen MR) is 53.6 cm³/mol. The molecule has 0 saturated heterocycles. The Hall–Kier alpha value is 0.0174. The summed E-state index contributed by atoms with van der Waals surface area (Å²) in [4.78, 5) is 0. The van der Waals surface area contributed by atoms with Crippen LogP contribution in [0.3, 0.4) is 0 Å². The van der Waals surface area contributed by atoms with Crippen LogP contribution in [0.2, 0.25) is 0 Å². The first-order valence-electron chi connectivity index (χ1n) is 5.46. The summed E-state index contributed by atoms with van der Waals surface area (Å²) < 4.78 is 120. The Balaban J connectivity index is 0. The molecule has 0 fully saturated rings. The summed E-state index contributed by atoms with van der Waals surface area (Å²) in [5, 5.41) is -6.61. The molecule has 0 heterocycles. The van der Waals surface area contributed by atoms with Gasteiger partial charge in [0.25, 0.3) is 0 Å². The van der Waals surface area contributed by atoms with Crippen molar-refractivity contribution in [3.05, 3.63) is 0 Å². The van der Waals surface area contributed by atoms with Gasteiger partial charge in [-0.25, -0.2) is 12.8 Å². The predicted octanol–water partition coefficient (Wildman–Crippen LogP) is 0.317. The van der Waals surface area contributed by atoms with Gasteiger partial charge in [-0.05, 0) is 6.42 Å². The van der Waals surface area contributed by atoms with Crippen molar-refractivity contribution in [2.24, 2.45) is 0 Å². The van der Waals surface area contributed by atoms with Crippen LogP contribution in [0.5, 0.6) is 0 Å². The van der Waals surface area contributed by atoms with Gasteiger partial charge in [0.15, 0.2) is 16.3 Å². The molecule has 0 amide bonds. The molecule has 0 bridgehead atoms. The Morgan fingerprint density at radius 3 is 1.81 bits per heavy atom. The number of rotatable bonds is 8. The van der Waals surface area contributed by atoms with Gasteiger partial charge in [0.05, 0.1) is 0 Å². The quantitative estimate of drug-likeness (QED) is 0.277. The Morgan fingerprint density at radius 2 is 1.48 bits per heavy atom. The summed E-state index contributed by atoms with van der Waals surface area (Å²) in [6, 6.07) is 0. The van der Waals surface area contributed by atoms with Crippen LogP contribution in [0.4, 0.5) is 30.7 Å². The third kappa shape index (κ3) is 4.50. The third-order valence-corrected chi connectivity index (χ3v) is 3.44. The molecular formula is C9H12F7LiO3S. The Morgan fingerprint density at radius 1 is 1.05 bits per heavy atom. The minimum absolute atomic E-state index is 0. The van der Waals surface area contributed by atoms with Crippen LogP contribution in [0.1, 0.15) is 32.6 Å². The maximum Gasteiger partial charge on any atom is 1.00 e. The average molecular weight is 340 g/mol. The average Bonchev–Trinajstić information content (AvgIpc) is 2.27. The Labute approximate surface area is 129 Å². The molecule has 1 atom stereocenters. The van der Waals surface area contributed by atoms with E-state index in [-0.39, 0.29) is 31.7 Å². The third-order valence-electron chi connectivity index (χ3n) is 2.55. The molecule has 0 aromatic rings. The smallest absolute Gasteiger partial charge is 0.743 e. The molecule has 21 heavy (non-hydrogen) atoms. The molecular weight excluding hydrogens is 328 g/mol. The maximum absolute atomic E-state index is 13.1. The van der Waals surface area contributed by atoms with Gasteiger partial charge in [-0.3, -0.25) is 0 Å². The molecule has 0 rings (SSSR count). The van der Waals surface area contributed by atoms with Gasteiger partial charge in [-0.15, -0.1) is 0 Å². The van der Waals surface area contributed by atoms with Crippen LogP contribution in [0.15, 0.2) is 0 Å². The molecule has 0 aliphatic rings. The molecule has 0 aliphatic carbocycles. The van der Waals surface area contributed by atoms with Crippen LogP contribution in [0, 0.1) is 0 Å². The largest absolute Gasteiger partial charge is 1.00 e. The second kappa shape index (κ2) is 7.52. The molecule has 0 radical (unpaired) electrons. The van der Waals surface area contributed by atoms with Crippen molar-refractivity contribution in [2.75, 3.05) is 0 Å². The van der Waals surface area contributed by atoms with Crippen molar-refractivity contribution in [2.45, 2.75) is 55.9 Å². The normalized spacial score (nSPS) is 15.5. The fourth-order valence-corrected chi connectivity index (χ4v) is 1.75. The SMILES string of the molecule is CCCCCC(F)C(F)(F)C(F)(F)C(F)(F)S(=O)(=O)[O-].[Li+]. The van der Waals surface area contributed by atoms with Crippen LogP contribution in [-0.2, 0) is 10.1 Å². The van der Waals surface area contributed by atoms with Crippen molar-refractivity contribution in [1.82, 2.24) is 0 Å². The first-order valence-corrected chi connectivity index (χ1v) is 6.87. The molecule has 0 spiro atoms. The Kier molecular flexibility index (Phi) is 8.34. The monoisotopic (exact) mass is 340 g/mol. The molecule has 0 aliphatic heterocycles. The van der Waals surface area contributed by atoms with Crippen molar-refractivity contribution in [3.8, 4) is 0 Å². The second-order valence-electron chi connectivity index (χ2n) is 4.13. The molecule has 0 aromatic heterocycles. The van der Waals surface area contributed by atoms with E-state index in [0.717, 1.165) is 0 Å². The van der Waals surface area contributed by atoms with E-state index in [0.29, 0.717) is 6.42 Å². The maximum atomic E-state index is 13.1. The standard InChI is InChI=1S/C9H13F7O3S.Li/c1-2-3-4-5-6(10)7(11,12)8(13,14)9(15,16)20(17,18)19;/h6H,2-5H2,1H3,(H,17,18,19);/q;+1/p-1. The first kappa shape index (κ1) is 23.3. The van der Waals surface area contributed by atoms with E-state index < -0.39 is 39.8 Å². The number of alkyl halides is 7. The fraction of sp³-hybridized carbons (Fsp3) is 1.00. The van der Waals surface area contributed by atoms with Crippen LogP contribution < -0.4 is 18.9 Å². The van der Waals surface area contributed by atoms with Gasteiger partial charge in [-0.1, -0.05) is 26.2 Å². The summed E-state index contributed by atoms with van der Waals surface area (Å²) in [5.74, 6) is -12.6. The zero-order chi connectivity index (χ0) is 16.4. The van der Waals surface area contributed by atoms with E-state index >= 15 is 0 Å². The van der Waals surface area contributed by atoms with Gasteiger partial charge in [0.1, 0.15) is 0 Å². The van der Waals surface area contributed by atoms with Crippen molar-refractivity contribution < 1.29 is 62.6 Å². The van der Waals surface area contributed by atoms with Gasteiger partial charge < -0.3 is 4.55 Å². The van der Waals surface area contributed by atoms with E-state index in [4.69, 9.17) is 0 Å². The first-order chi connectivity index (χ1) is 8.73. The zero-order valence-electron chi connectivity index (χ0n) is 11.2. The van der Waals surface area contributed by atoms with E-state index in [2.05, 4.69) is 0 Å². The summed E-state index contributed by atoms with van der Waals surface area (Å²) in [7, 11) is -7.08. The molecule has 0 saturated carbocycles.